The Hall–Kier alpha value is -1.28. The predicted octanol–water partition coefficient (Wildman–Crippen LogP) is 2.45. The van der Waals surface area contributed by atoms with E-state index < -0.39 is 0 Å². The Bertz CT molecular complexity index is 308. The minimum atomic E-state index is 0.193. The van der Waals surface area contributed by atoms with E-state index in [0.717, 1.165) is 25.1 Å². The molecule has 0 radical (unpaired) electrons. The molecule has 2 heteroatoms. The van der Waals surface area contributed by atoms with Gasteiger partial charge in [-0.15, -0.1) is 0 Å². The van der Waals surface area contributed by atoms with Crippen molar-refractivity contribution in [2.45, 2.75) is 19.8 Å². The van der Waals surface area contributed by atoms with Gasteiger partial charge in [0, 0.05) is 18.8 Å². The van der Waals surface area contributed by atoms with E-state index in [9.17, 15) is 0 Å². The second-order valence-electron chi connectivity index (χ2n) is 4.04. The maximum Gasteiger partial charge on any atom is 0.0606 e. The number of hydrogen-bond acceptors (Lipinski definition) is 2. The van der Waals surface area contributed by atoms with Crippen LogP contribution in [0.2, 0.25) is 0 Å². The van der Waals surface area contributed by atoms with Crippen molar-refractivity contribution >= 4 is 0 Å². The molecule has 0 aliphatic carbocycles. The summed E-state index contributed by atoms with van der Waals surface area (Å²) in [6.07, 6.45) is 2.17. The van der Waals surface area contributed by atoms with E-state index in [1.165, 1.54) is 5.56 Å². The number of aliphatic hydroxyl groups excluding tert-OH is 1. The van der Waals surface area contributed by atoms with Crippen LogP contribution in [-0.2, 0) is 6.42 Å². The van der Waals surface area contributed by atoms with E-state index in [2.05, 4.69) is 35.7 Å². The van der Waals surface area contributed by atoms with Crippen LogP contribution < -0.4 is 0 Å². The fraction of sp³-hybridized carbons (Fsp3) is 0.429. The van der Waals surface area contributed by atoms with Crippen LogP contribution in [0.5, 0.6) is 0 Å². The van der Waals surface area contributed by atoms with Crippen molar-refractivity contribution in [2.24, 2.45) is 0 Å². The summed E-state index contributed by atoms with van der Waals surface area (Å²) < 4.78 is 0. The van der Waals surface area contributed by atoms with Gasteiger partial charge in [-0.1, -0.05) is 36.9 Å². The van der Waals surface area contributed by atoms with Crippen LogP contribution in [-0.4, -0.2) is 29.7 Å². The van der Waals surface area contributed by atoms with Gasteiger partial charge < -0.3 is 10.0 Å². The lowest BCUT2D eigenvalue weighted by molar-refractivity contribution is 0.225. The maximum atomic E-state index is 8.92. The van der Waals surface area contributed by atoms with Crippen molar-refractivity contribution < 1.29 is 5.11 Å². The minimum absolute atomic E-state index is 0.193. The van der Waals surface area contributed by atoms with Crippen molar-refractivity contribution in [3.05, 3.63) is 48.2 Å². The average molecular weight is 219 g/mol. The molecule has 16 heavy (non-hydrogen) atoms. The number of allylic oxidation sites excluding steroid dienone is 1. The Morgan fingerprint density at radius 2 is 1.94 bits per heavy atom. The molecule has 0 atom stereocenters. The van der Waals surface area contributed by atoms with E-state index >= 15 is 0 Å². The molecule has 0 saturated heterocycles. The molecular weight excluding hydrogens is 198 g/mol. The van der Waals surface area contributed by atoms with Crippen molar-refractivity contribution in [3.63, 3.8) is 0 Å². The lowest BCUT2D eigenvalue weighted by Gasteiger charge is -2.23. The molecule has 0 unspecified atom stereocenters. The lowest BCUT2D eigenvalue weighted by Crippen LogP contribution is -2.26. The van der Waals surface area contributed by atoms with E-state index in [1.54, 1.807) is 0 Å². The number of aliphatic hydroxyl groups is 1. The van der Waals surface area contributed by atoms with Crippen molar-refractivity contribution in [2.75, 3.05) is 19.7 Å². The molecule has 1 rings (SSSR count). The summed E-state index contributed by atoms with van der Waals surface area (Å²) in [5.74, 6) is 0. The molecule has 0 bridgehead atoms. The van der Waals surface area contributed by atoms with Crippen LogP contribution in [0.1, 0.15) is 18.9 Å². The lowest BCUT2D eigenvalue weighted by atomic mass is 10.1. The fourth-order valence-electron chi connectivity index (χ4n) is 1.73. The third kappa shape index (κ3) is 4.49. The highest BCUT2D eigenvalue weighted by Gasteiger charge is 2.02. The van der Waals surface area contributed by atoms with Crippen LogP contribution >= 0.6 is 0 Å². The Morgan fingerprint density at radius 1 is 1.25 bits per heavy atom. The molecular formula is C14H21NO. The third-order valence-electron chi connectivity index (χ3n) is 2.65. The molecule has 88 valence electrons. The Labute approximate surface area is 98.2 Å². The molecule has 0 amide bonds. The first-order chi connectivity index (χ1) is 7.74. The zero-order valence-corrected chi connectivity index (χ0v) is 10.0. The summed E-state index contributed by atoms with van der Waals surface area (Å²) in [7, 11) is 0. The second-order valence-corrected chi connectivity index (χ2v) is 4.04. The summed E-state index contributed by atoms with van der Waals surface area (Å²) >= 11 is 0. The Balaban J connectivity index is 2.31. The van der Waals surface area contributed by atoms with Gasteiger partial charge in [0.05, 0.1) is 6.61 Å². The van der Waals surface area contributed by atoms with Crippen LogP contribution in [0.25, 0.3) is 0 Å². The van der Waals surface area contributed by atoms with Crippen LogP contribution in [0.3, 0.4) is 0 Å². The molecule has 0 spiro atoms. The number of aryl methyl sites for hydroxylation is 1. The summed E-state index contributed by atoms with van der Waals surface area (Å²) in [6.45, 7) is 7.74. The molecule has 0 aliphatic rings. The molecule has 1 aromatic rings. The first-order valence-electron chi connectivity index (χ1n) is 5.79. The topological polar surface area (TPSA) is 23.5 Å². The highest BCUT2D eigenvalue weighted by atomic mass is 16.3. The van der Waals surface area contributed by atoms with Crippen molar-refractivity contribution in [3.8, 4) is 0 Å². The molecule has 0 heterocycles. The number of benzene rings is 1. The molecule has 1 N–H and O–H groups in total. The predicted molar refractivity (Wildman–Crippen MR) is 68.2 cm³/mol. The zero-order chi connectivity index (χ0) is 11.8. The zero-order valence-electron chi connectivity index (χ0n) is 10.0. The highest BCUT2D eigenvalue weighted by molar-refractivity contribution is 5.14. The minimum Gasteiger partial charge on any atom is -0.395 e. The van der Waals surface area contributed by atoms with Crippen LogP contribution in [0.15, 0.2) is 42.6 Å². The quantitative estimate of drug-likeness (QED) is 0.761. The largest absolute Gasteiger partial charge is 0.395 e. The second kappa shape index (κ2) is 7.07. The summed E-state index contributed by atoms with van der Waals surface area (Å²) in [5.41, 5.74) is 2.40. The van der Waals surface area contributed by atoms with E-state index in [1.807, 2.05) is 13.0 Å². The Morgan fingerprint density at radius 3 is 2.50 bits per heavy atom. The van der Waals surface area contributed by atoms with Crippen LogP contribution in [0.4, 0.5) is 0 Å². The van der Waals surface area contributed by atoms with Gasteiger partial charge in [-0.2, -0.15) is 0 Å². The fourth-order valence-corrected chi connectivity index (χ4v) is 1.73. The van der Waals surface area contributed by atoms with Gasteiger partial charge in [0.25, 0.3) is 0 Å². The standard InChI is InChI=1S/C14H21NO/c1-13(2)15(11-12-16)10-6-9-14-7-4-3-5-8-14/h3-5,7-8,16H,1,6,9-12H2,2H3. The van der Waals surface area contributed by atoms with Crippen LogP contribution in [0, 0.1) is 0 Å². The highest BCUT2D eigenvalue weighted by Crippen LogP contribution is 2.06. The SMILES string of the molecule is C=C(C)N(CCO)CCCc1ccccc1. The number of hydrogen-bond donors (Lipinski definition) is 1. The van der Waals surface area contributed by atoms with E-state index in [-0.39, 0.29) is 6.61 Å². The first kappa shape index (κ1) is 12.8. The third-order valence-corrected chi connectivity index (χ3v) is 2.65. The summed E-state index contributed by atoms with van der Waals surface area (Å²) in [5, 5.41) is 8.92. The molecule has 0 aromatic heterocycles. The molecule has 1 aromatic carbocycles. The monoisotopic (exact) mass is 219 g/mol. The van der Waals surface area contributed by atoms with Gasteiger partial charge in [-0.3, -0.25) is 0 Å². The molecule has 2 nitrogen and oxygen atoms in total. The van der Waals surface area contributed by atoms with E-state index in [0.29, 0.717) is 6.54 Å². The van der Waals surface area contributed by atoms with Crippen molar-refractivity contribution in [1.29, 1.82) is 0 Å². The maximum absolute atomic E-state index is 8.92. The van der Waals surface area contributed by atoms with Gasteiger partial charge in [-0.25, -0.2) is 0 Å². The molecule has 0 fully saturated rings. The van der Waals surface area contributed by atoms with Crippen molar-refractivity contribution in [1.82, 2.24) is 4.90 Å². The van der Waals surface area contributed by atoms with E-state index in [4.69, 9.17) is 5.11 Å². The van der Waals surface area contributed by atoms with Gasteiger partial charge in [0.1, 0.15) is 0 Å². The number of nitrogens with zero attached hydrogens (tertiary/aromatic N) is 1. The first-order valence-corrected chi connectivity index (χ1v) is 5.79. The van der Waals surface area contributed by atoms with Gasteiger partial charge in [0.2, 0.25) is 0 Å². The molecule has 0 aliphatic heterocycles. The smallest absolute Gasteiger partial charge is 0.0606 e. The normalized spacial score (nSPS) is 10.1. The average Bonchev–Trinajstić information content (AvgIpc) is 2.29. The summed E-state index contributed by atoms with van der Waals surface area (Å²) in [4.78, 5) is 2.13. The van der Waals surface area contributed by atoms with Gasteiger partial charge in [-0.05, 0) is 25.3 Å². The number of rotatable bonds is 7. The van der Waals surface area contributed by atoms with Gasteiger partial charge in [0.15, 0.2) is 0 Å². The molecule has 0 saturated carbocycles. The summed E-state index contributed by atoms with van der Waals surface area (Å²) in [6, 6.07) is 10.5. The Kier molecular flexibility index (Phi) is 5.65. The van der Waals surface area contributed by atoms with Gasteiger partial charge >= 0.3 is 0 Å².